The van der Waals surface area contributed by atoms with Crippen molar-refractivity contribution >= 4 is 11.8 Å². The van der Waals surface area contributed by atoms with E-state index >= 15 is 0 Å². The zero-order chi connectivity index (χ0) is 16.2. The van der Waals surface area contributed by atoms with Crippen LogP contribution in [0.5, 0.6) is 0 Å². The molecule has 8 nitrogen and oxygen atoms in total. The zero-order valence-corrected chi connectivity index (χ0v) is 12.5. The predicted octanol–water partition coefficient (Wildman–Crippen LogP) is -0.737. The Hall–Kier alpha value is -2.13. The van der Waals surface area contributed by atoms with Crippen molar-refractivity contribution in [2.24, 2.45) is 5.92 Å². The first-order valence-electron chi connectivity index (χ1n) is 7.64. The Kier molecular flexibility index (Phi) is 4.77. The third kappa shape index (κ3) is 3.62. The molecule has 4 N–H and O–H groups in total. The van der Waals surface area contributed by atoms with Crippen LogP contribution < -0.4 is 21.5 Å². The van der Waals surface area contributed by atoms with Gasteiger partial charge in [-0.3, -0.25) is 20.0 Å². The topological polar surface area (TPSA) is 108 Å². The van der Waals surface area contributed by atoms with E-state index in [9.17, 15) is 14.0 Å². The number of alkyl halides is 1. The molecule has 0 radical (unpaired) electrons. The van der Waals surface area contributed by atoms with Crippen molar-refractivity contribution < 1.29 is 14.0 Å². The van der Waals surface area contributed by atoms with Gasteiger partial charge in [0.15, 0.2) is 0 Å². The van der Waals surface area contributed by atoms with Crippen molar-refractivity contribution in [2.75, 3.05) is 6.54 Å². The van der Waals surface area contributed by atoms with Crippen molar-refractivity contribution in [1.29, 1.82) is 0 Å². The minimum atomic E-state index is -0.948. The zero-order valence-electron chi connectivity index (χ0n) is 12.5. The molecule has 9 heteroatoms. The summed E-state index contributed by atoms with van der Waals surface area (Å²) in [5.41, 5.74) is 6.08. The summed E-state index contributed by atoms with van der Waals surface area (Å²) in [6.07, 6.45) is 4.98. The number of nitrogens with one attached hydrogen (secondary N) is 4. The molecule has 1 saturated carbocycles. The summed E-state index contributed by atoms with van der Waals surface area (Å²) in [5, 5.41) is 5.17. The molecule has 0 spiro atoms. The summed E-state index contributed by atoms with van der Waals surface area (Å²) >= 11 is 0. The molecule has 0 aromatic carbocycles. The van der Waals surface area contributed by atoms with Crippen LogP contribution in [-0.4, -0.2) is 46.7 Å². The number of nitrogens with zero attached hydrogens (tertiary/aromatic N) is 2. The van der Waals surface area contributed by atoms with E-state index in [1.165, 1.54) is 18.6 Å². The third-order valence-electron chi connectivity index (χ3n) is 4.21. The van der Waals surface area contributed by atoms with E-state index in [1.54, 1.807) is 0 Å². The van der Waals surface area contributed by atoms with E-state index in [1.807, 2.05) is 0 Å². The summed E-state index contributed by atoms with van der Waals surface area (Å²) in [4.78, 5) is 31.4. The van der Waals surface area contributed by atoms with Gasteiger partial charge in [-0.1, -0.05) is 0 Å². The molecule has 124 valence electrons. The number of fused-ring (bicyclic) bond motifs is 1. The van der Waals surface area contributed by atoms with Crippen LogP contribution in [0.3, 0.4) is 0 Å². The lowest BCUT2D eigenvalue weighted by molar-refractivity contribution is -0.121. The largest absolute Gasteiger partial charge is 0.342 e. The molecule has 3 rings (SSSR count). The van der Waals surface area contributed by atoms with Gasteiger partial charge in [0.25, 0.3) is 5.91 Å². The van der Waals surface area contributed by atoms with Crippen LogP contribution in [-0.2, 0) is 4.79 Å². The Morgan fingerprint density at radius 3 is 2.96 bits per heavy atom. The molecule has 2 fully saturated rings. The summed E-state index contributed by atoms with van der Waals surface area (Å²) in [5.74, 6) is -1.16. The van der Waals surface area contributed by atoms with Gasteiger partial charge in [-0.2, -0.15) is 0 Å². The standard InChI is InChI=1S/C14H19FN6O2/c15-8-2-1-3-9-12(8)13(21-20-9)19-11(22)7-18-14(23)10-6-16-4-5-17-10/h4-6,8-9,12-13,20-21H,1-3,7H2,(H,18,23)(H,19,22). The molecule has 1 aliphatic carbocycles. The molecule has 2 aliphatic rings. The van der Waals surface area contributed by atoms with Crippen molar-refractivity contribution in [3.63, 3.8) is 0 Å². The second kappa shape index (κ2) is 6.97. The number of aromatic nitrogens is 2. The number of amides is 2. The van der Waals surface area contributed by atoms with Crippen molar-refractivity contribution in [3.05, 3.63) is 24.3 Å². The van der Waals surface area contributed by atoms with Crippen molar-refractivity contribution in [2.45, 2.75) is 37.6 Å². The molecule has 1 aliphatic heterocycles. The SMILES string of the molecule is O=C(CNC(=O)c1cnccn1)NC1NNC2CCCC(F)C21. The van der Waals surface area contributed by atoms with Gasteiger partial charge in [-0.15, -0.1) is 0 Å². The Bertz CT molecular complexity index is 572. The second-order valence-electron chi connectivity index (χ2n) is 5.74. The van der Waals surface area contributed by atoms with Crippen LogP contribution in [0.1, 0.15) is 29.8 Å². The normalized spacial score (nSPS) is 29.6. The number of hydrogen-bond acceptors (Lipinski definition) is 6. The number of hydrazine groups is 1. The highest BCUT2D eigenvalue weighted by Gasteiger charge is 2.44. The van der Waals surface area contributed by atoms with Gasteiger partial charge in [-0.05, 0) is 19.3 Å². The fourth-order valence-corrected chi connectivity index (χ4v) is 3.10. The van der Waals surface area contributed by atoms with Gasteiger partial charge >= 0.3 is 0 Å². The van der Waals surface area contributed by atoms with E-state index in [2.05, 4.69) is 31.5 Å². The fourth-order valence-electron chi connectivity index (χ4n) is 3.10. The van der Waals surface area contributed by atoms with Crippen molar-refractivity contribution in [3.8, 4) is 0 Å². The lowest BCUT2D eigenvalue weighted by Gasteiger charge is -2.30. The molecular weight excluding hydrogens is 303 g/mol. The minimum Gasteiger partial charge on any atom is -0.342 e. The van der Waals surface area contributed by atoms with Gasteiger partial charge < -0.3 is 10.6 Å². The highest BCUT2D eigenvalue weighted by molar-refractivity contribution is 5.94. The number of hydrogen-bond donors (Lipinski definition) is 4. The highest BCUT2D eigenvalue weighted by Crippen LogP contribution is 2.31. The van der Waals surface area contributed by atoms with E-state index in [4.69, 9.17) is 0 Å². The number of carbonyl (C=O) groups is 2. The molecule has 0 bridgehead atoms. The second-order valence-corrected chi connectivity index (χ2v) is 5.74. The average molecular weight is 322 g/mol. The maximum atomic E-state index is 14.1. The van der Waals surface area contributed by atoms with Gasteiger partial charge in [0.05, 0.1) is 18.9 Å². The van der Waals surface area contributed by atoms with E-state index in [0.29, 0.717) is 6.42 Å². The molecule has 23 heavy (non-hydrogen) atoms. The van der Waals surface area contributed by atoms with E-state index in [0.717, 1.165) is 12.8 Å². The molecular formula is C14H19FN6O2. The molecule has 1 saturated heterocycles. The molecule has 2 heterocycles. The first-order chi connectivity index (χ1) is 11.1. The fraction of sp³-hybridized carbons (Fsp3) is 0.571. The van der Waals surface area contributed by atoms with Crippen LogP contribution in [0.25, 0.3) is 0 Å². The number of carbonyl (C=O) groups excluding carboxylic acids is 2. The Labute approximate surface area is 132 Å². The smallest absolute Gasteiger partial charge is 0.271 e. The number of rotatable bonds is 4. The molecule has 2 amide bonds. The van der Waals surface area contributed by atoms with Crippen molar-refractivity contribution in [1.82, 2.24) is 31.5 Å². The summed E-state index contributed by atoms with van der Waals surface area (Å²) in [6, 6.07) is 0.0261. The van der Waals surface area contributed by atoms with Gasteiger partial charge in [0.1, 0.15) is 11.9 Å². The Morgan fingerprint density at radius 2 is 2.17 bits per heavy atom. The first kappa shape index (κ1) is 15.8. The lowest BCUT2D eigenvalue weighted by atomic mass is 9.82. The van der Waals surface area contributed by atoms with Crippen LogP contribution in [0.2, 0.25) is 0 Å². The van der Waals surface area contributed by atoms with Crippen LogP contribution in [0.4, 0.5) is 4.39 Å². The molecule has 4 unspecified atom stereocenters. The van der Waals surface area contributed by atoms with Crippen LogP contribution in [0, 0.1) is 5.92 Å². The predicted molar refractivity (Wildman–Crippen MR) is 78.6 cm³/mol. The van der Waals surface area contributed by atoms with E-state index in [-0.39, 0.29) is 30.1 Å². The lowest BCUT2D eigenvalue weighted by Crippen LogP contribution is -2.52. The van der Waals surface area contributed by atoms with Gasteiger partial charge in [0.2, 0.25) is 5.91 Å². The molecule has 1 aromatic heterocycles. The van der Waals surface area contributed by atoms with Crippen LogP contribution >= 0.6 is 0 Å². The quantitative estimate of drug-likeness (QED) is 0.582. The summed E-state index contributed by atoms with van der Waals surface area (Å²) < 4.78 is 14.1. The molecule has 4 atom stereocenters. The minimum absolute atomic E-state index is 0.0261. The monoisotopic (exact) mass is 322 g/mol. The maximum absolute atomic E-state index is 14.1. The van der Waals surface area contributed by atoms with Crippen LogP contribution in [0.15, 0.2) is 18.6 Å². The average Bonchev–Trinajstić information content (AvgIpc) is 2.98. The Morgan fingerprint density at radius 1 is 1.30 bits per heavy atom. The van der Waals surface area contributed by atoms with Gasteiger partial charge in [-0.25, -0.2) is 14.8 Å². The highest BCUT2D eigenvalue weighted by atomic mass is 19.1. The third-order valence-corrected chi connectivity index (χ3v) is 4.21. The number of halogens is 1. The first-order valence-corrected chi connectivity index (χ1v) is 7.64. The van der Waals surface area contributed by atoms with E-state index < -0.39 is 18.2 Å². The molecule has 1 aromatic rings. The summed E-state index contributed by atoms with van der Waals surface area (Å²) in [6.45, 7) is -0.206. The Balaban J connectivity index is 1.49. The maximum Gasteiger partial charge on any atom is 0.271 e. The summed E-state index contributed by atoms with van der Waals surface area (Å²) in [7, 11) is 0. The van der Waals surface area contributed by atoms with Gasteiger partial charge in [0, 0.05) is 24.4 Å².